The molecule has 0 aliphatic carbocycles. The number of ether oxygens (including phenoxy) is 1. The highest BCUT2D eigenvalue weighted by atomic mass is 16.5. The molecule has 1 atom stereocenters. The van der Waals surface area contributed by atoms with E-state index in [1.165, 1.54) is 23.4 Å². The number of likely N-dealkylation sites (tertiary alicyclic amines) is 1. The van der Waals surface area contributed by atoms with E-state index in [0.29, 0.717) is 6.04 Å². The van der Waals surface area contributed by atoms with Gasteiger partial charge in [0.2, 0.25) is 0 Å². The molecule has 1 aliphatic heterocycles. The van der Waals surface area contributed by atoms with Crippen LogP contribution in [-0.4, -0.2) is 31.1 Å². The maximum absolute atomic E-state index is 11.6. The van der Waals surface area contributed by atoms with Crippen LogP contribution in [0.4, 0.5) is 0 Å². The first-order chi connectivity index (χ1) is 10.7. The third kappa shape index (κ3) is 3.00. The van der Waals surface area contributed by atoms with Crippen LogP contribution < -0.4 is 0 Å². The van der Waals surface area contributed by atoms with Crippen LogP contribution in [0.15, 0.2) is 42.5 Å². The number of carbonyl (C=O) groups excluding carboxylic acids is 1. The summed E-state index contributed by atoms with van der Waals surface area (Å²) in [5.41, 5.74) is 1.34. The fourth-order valence-corrected chi connectivity index (χ4v) is 3.37. The van der Waals surface area contributed by atoms with Gasteiger partial charge in [0.25, 0.3) is 0 Å². The molecule has 0 amide bonds. The van der Waals surface area contributed by atoms with E-state index in [-0.39, 0.29) is 11.9 Å². The summed E-state index contributed by atoms with van der Waals surface area (Å²) in [6, 6.07) is 15.5. The van der Waals surface area contributed by atoms with E-state index in [4.69, 9.17) is 4.74 Å². The van der Waals surface area contributed by atoms with Gasteiger partial charge in [-0.05, 0) is 55.3 Å². The molecule has 3 rings (SSSR count). The van der Waals surface area contributed by atoms with Crippen LogP contribution in [0.25, 0.3) is 10.8 Å². The van der Waals surface area contributed by atoms with Crippen molar-refractivity contribution in [3.8, 4) is 0 Å². The van der Waals surface area contributed by atoms with Crippen molar-refractivity contribution in [3.63, 3.8) is 0 Å². The topological polar surface area (TPSA) is 29.5 Å². The zero-order valence-electron chi connectivity index (χ0n) is 13.3. The second kappa shape index (κ2) is 6.49. The van der Waals surface area contributed by atoms with Gasteiger partial charge in [-0.25, -0.2) is 0 Å². The third-order valence-electron chi connectivity index (χ3n) is 4.87. The summed E-state index contributed by atoms with van der Waals surface area (Å²) >= 11 is 0. The van der Waals surface area contributed by atoms with Crippen molar-refractivity contribution >= 4 is 16.7 Å². The van der Waals surface area contributed by atoms with Crippen molar-refractivity contribution in [1.82, 2.24) is 4.90 Å². The van der Waals surface area contributed by atoms with Crippen LogP contribution in [-0.2, 0) is 9.53 Å². The highest BCUT2D eigenvalue weighted by Crippen LogP contribution is 2.28. The SMILES string of the molecule is COC(=O)C1CCN([C@@H](C)c2ccc3ccccc3c2)CC1. The molecule has 3 heteroatoms. The number of hydrogen-bond donors (Lipinski definition) is 0. The Hall–Kier alpha value is -1.87. The Morgan fingerprint density at radius 3 is 2.50 bits per heavy atom. The average molecular weight is 297 g/mol. The Balaban J connectivity index is 1.71. The van der Waals surface area contributed by atoms with Crippen molar-refractivity contribution in [2.24, 2.45) is 5.92 Å². The minimum atomic E-state index is -0.0574. The molecule has 0 bridgehead atoms. The van der Waals surface area contributed by atoms with Gasteiger partial charge in [-0.1, -0.05) is 36.4 Å². The lowest BCUT2D eigenvalue weighted by Gasteiger charge is -2.35. The molecule has 3 nitrogen and oxygen atoms in total. The van der Waals surface area contributed by atoms with Crippen LogP contribution >= 0.6 is 0 Å². The zero-order chi connectivity index (χ0) is 15.5. The molecule has 22 heavy (non-hydrogen) atoms. The number of methoxy groups -OCH3 is 1. The molecule has 2 aromatic rings. The molecule has 116 valence electrons. The molecule has 1 heterocycles. The van der Waals surface area contributed by atoms with E-state index < -0.39 is 0 Å². The summed E-state index contributed by atoms with van der Waals surface area (Å²) < 4.78 is 4.86. The van der Waals surface area contributed by atoms with E-state index in [2.05, 4.69) is 54.3 Å². The number of nitrogens with zero attached hydrogens (tertiary/aromatic N) is 1. The van der Waals surface area contributed by atoms with Gasteiger partial charge in [0.05, 0.1) is 13.0 Å². The lowest BCUT2D eigenvalue weighted by molar-refractivity contribution is -0.147. The smallest absolute Gasteiger partial charge is 0.308 e. The highest BCUT2D eigenvalue weighted by molar-refractivity contribution is 5.83. The fraction of sp³-hybridized carbons (Fsp3) is 0.421. The Morgan fingerprint density at radius 1 is 1.14 bits per heavy atom. The lowest BCUT2D eigenvalue weighted by Crippen LogP contribution is -2.38. The van der Waals surface area contributed by atoms with Crippen molar-refractivity contribution < 1.29 is 9.53 Å². The van der Waals surface area contributed by atoms with Gasteiger partial charge in [0, 0.05) is 6.04 Å². The van der Waals surface area contributed by atoms with Crippen molar-refractivity contribution in [3.05, 3.63) is 48.0 Å². The van der Waals surface area contributed by atoms with E-state index in [1.807, 2.05) is 0 Å². The average Bonchev–Trinajstić information content (AvgIpc) is 2.60. The highest BCUT2D eigenvalue weighted by Gasteiger charge is 2.28. The molecule has 0 unspecified atom stereocenters. The molecule has 1 saturated heterocycles. The number of piperidine rings is 1. The monoisotopic (exact) mass is 297 g/mol. The van der Waals surface area contributed by atoms with Gasteiger partial charge < -0.3 is 4.74 Å². The molecule has 0 radical (unpaired) electrons. The third-order valence-corrected chi connectivity index (χ3v) is 4.87. The van der Waals surface area contributed by atoms with Gasteiger partial charge in [-0.3, -0.25) is 9.69 Å². The predicted octanol–water partition coefficient (Wildman–Crippen LogP) is 3.79. The van der Waals surface area contributed by atoms with Gasteiger partial charge in [-0.2, -0.15) is 0 Å². The van der Waals surface area contributed by atoms with Crippen LogP contribution in [0, 0.1) is 5.92 Å². The Kier molecular flexibility index (Phi) is 4.44. The first-order valence-electron chi connectivity index (χ1n) is 7.99. The second-order valence-corrected chi connectivity index (χ2v) is 6.12. The minimum absolute atomic E-state index is 0.0574. The van der Waals surface area contributed by atoms with Crippen molar-refractivity contribution in [2.75, 3.05) is 20.2 Å². The first kappa shape index (κ1) is 15.0. The zero-order valence-corrected chi connectivity index (χ0v) is 13.3. The number of fused-ring (bicyclic) bond motifs is 1. The summed E-state index contributed by atoms with van der Waals surface area (Å²) in [7, 11) is 1.48. The minimum Gasteiger partial charge on any atom is -0.469 e. The summed E-state index contributed by atoms with van der Waals surface area (Å²) in [5, 5.41) is 2.57. The number of benzene rings is 2. The van der Waals surface area contributed by atoms with Gasteiger partial charge in [0.1, 0.15) is 0 Å². The number of carbonyl (C=O) groups is 1. The van der Waals surface area contributed by atoms with Crippen LogP contribution in [0.5, 0.6) is 0 Å². The predicted molar refractivity (Wildman–Crippen MR) is 88.7 cm³/mol. The first-order valence-corrected chi connectivity index (χ1v) is 7.99. The van der Waals surface area contributed by atoms with E-state index in [0.717, 1.165) is 25.9 Å². The molecule has 0 saturated carbocycles. The summed E-state index contributed by atoms with van der Waals surface area (Å²) in [6.45, 7) is 4.16. The Labute approximate surface area is 131 Å². The van der Waals surface area contributed by atoms with E-state index in [1.54, 1.807) is 0 Å². The van der Waals surface area contributed by atoms with E-state index >= 15 is 0 Å². The maximum Gasteiger partial charge on any atom is 0.308 e. The second-order valence-electron chi connectivity index (χ2n) is 6.12. The molecule has 0 N–H and O–H groups in total. The van der Waals surface area contributed by atoms with Gasteiger partial charge in [-0.15, -0.1) is 0 Å². The molecule has 2 aromatic carbocycles. The molecule has 0 spiro atoms. The van der Waals surface area contributed by atoms with Crippen LogP contribution in [0.3, 0.4) is 0 Å². The van der Waals surface area contributed by atoms with Gasteiger partial charge >= 0.3 is 5.97 Å². The number of hydrogen-bond acceptors (Lipinski definition) is 3. The standard InChI is InChI=1S/C19H23NO2/c1-14(20-11-9-16(10-12-20)19(21)22-2)17-8-7-15-5-3-4-6-18(15)13-17/h3-8,13-14,16H,9-12H2,1-2H3/t14-/m0/s1. The van der Waals surface area contributed by atoms with Crippen molar-refractivity contribution in [2.45, 2.75) is 25.8 Å². The number of esters is 1. The summed E-state index contributed by atoms with van der Waals surface area (Å²) in [5.74, 6) is 0.0167. The quantitative estimate of drug-likeness (QED) is 0.807. The lowest BCUT2D eigenvalue weighted by atomic mass is 9.94. The fourth-order valence-electron chi connectivity index (χ4n) is 3.37. The van der Waals surface area contributed by atoms with Crippen LogP contribution in [0.1, 0.15) is 31.4 Å². The summed E-state index contributed by atoms with van der Waals surface area (Å²) in [6.07, 6.45) is 1.79. The molecule has 1 aliphatic rings. The normalized spacial score (nSPS) is 18.3. The Morgan fingerprint density at radius 2 is 1.82 bits per heavy atom. The maximum atomic E-state index is 11.6. The Bertz CT molecular complexity index is 659. The van der Waals surface area contributed by atoms with Crippen molar-refractivity contribution in [1.29, 1.82) is 0 Å². The molecule has 0 aromatic heterocycles. The van der Waals surface area contributed by atoms with E-state index in [9.17, 15) is 4.79 Å². The largest absolute Gasteiger partial charge is 0.469 e. The molecular weight excluding hydrogens is 274 g/mol. The number of rotatable bonds is 3. The molecular formula is C19H23NO2. The molecule has 1 fully saturated rings. The summed E-state index contributed by atoms with van der Waals surface area (Å²) in [4.78, 5) is 14.1. The van der Waals surface area contributed by atoms with Gasteiger partial charge in [0.15, 0.2) is 0 Å². The van der Waals surface area contributed by atoms with Crippen LogP contribution in [0.2, 0.25) is 0 Å².